The van der Waals surface area contributed by atoms with Crippen LogP contribution in [0.25, 0.3) is 27.6 Å². The number of fused-ring (bicyclic) bond motifs is 2. The lowest BCUT2D eigenvalue weighted by Gasteiger charge is -2.16. The number of hydrogen-bond donors (Lipinski definition) is 1. The maximum atomic E-state index is 13.2. The smallest absolute Gasteiger partial charge is 0.243 e. The van der Waals surface area contributed by atoms with Gasteiger partial charge in [-0.1, -0.05) is 17.7 Å². The molecule has 3 aromatic carbocycles. The molecule has 1 N–H and O–H groups in total. The van der Waals surface area contributed by atoms with Crippen LogP contribution in [0.5, 0.6) is 5.75 Å². The molecular weight excluding hydrogens is 501 g/mol. The first-order valence-corrected chi connectivity index (χ1v) is 12.7. The number of benzene rings is 3. The van der Waals surface area contributed by atoms with E-state index in [-0.39, 0.29) is 17.3 Å². The molecule has 0 spiro atoms. The molecule has 0 bridgehead atoms. The van der Waals surface area contributed by atoms with Crippen molar-refractivity contribution in [2.45, 2.75) is 17.9 Å². The molecule has 0 aliphatic rings. The van der Waals surface area contributed by atoms with Gasteiger partial charge in [0.05, 0.1) is 40.2 Å². The molecule has 0 saturated heterocycles. The van der Waals surface area contributed by atoms with Gasteiger partial charge in [0.25, 0.3) is 0 Å². The lowest BCUT2D eigenvalue weighted by atomic mass is 10.2. The molecule has 0 saturated carbocycles. The Labute approximate surface area is 203 Å². The zero-order valence-corrected chi connectivity index (χ0v) is 20.0. The lowest BCUT2D eigenvalue weighted by Crippen LogP contribution is -2.36. The molecule has 34 heavy (non-hydrogen) atoms. The molecule has 0 unspecified atom stereocenters. The number of hydrogen-bond acceptors (Lipinski definition) is 7. The van der Waals surface area contributed by atoms with Gasteiger partial charge in [-0.05, 0) is 55.5 Å². The Morgan fingerprint density at radius 2 is 1.97 bits per heavy atom. The van der Waals surface area contributed by atoms with Crippen molar-refractivity contribution < 1.29 is 17.5 Å². The van der Waals surface area contributed by atoms with Crippen LogP contribution in [0.4, 0.5) is 4.39 Å². The Bertz CT molecular complexity index is 1600. The Morgan fingerprint density at radius 3 is 2.76 bits per heavy atom. The summed E-state index contributed by atoms with van der Waals surface area (Å²) < 4.78 is 57.2. The molecule has 8 nitrogen and oxygen atoms in total. The van der Waals surface area contributed by atoms with Crippen LogP contribution >= 0.6 is 23.3 Å². The van der Waals surface area contributed by atoms with Gasteiger partial charge in [0, 0.05) is 5.39 Å². The average Bonchev–Trinajstić information content (AvgIpc) is 3.44. The van der Waals surface area contributed by atoms with Crippen molar-refractivity contribution in [3.05, 3.63) is 71.6 Å². The molecule has 1 atom stereocenters. The molecule has 5 aromatic rings. The van der Waals surface area contributed by atoms with Crippen molar-refractivity contribution in [1.29, 1.82) is 0 Å². The maximum Gasteiger partial charge on any atom is 0.243 e. The summed E-state index contributed by atoms with van der Waals surface area (Å²) in [5.41, 5.74) is 2.27. The summed E-state index contributed by atoms with van der Waals surface area (Å²) in [5.74, 6) is 0.0586. The highest BCUT2D eigenvalue weighted by Gasteiger charge is 2.22. The van der Waals surface area contributed by atoms with Crippen LogP contribution in [-0.2, 0) is 10.0 Å². The third-order valence-corrected chi connectivity index (χ3v) is 7.54. The van der Waals surface area contributed by atoms with Crippen LogP contribution in [0.1, 0.15) is 6.92 Å². The van der Waals surface area contributed by atoms with Gasteiger partial charge in [-0.25, -0.2) is 22.2 Å². The van der Waals surface area contributed by atoms with E-state index in [0.717, 1.165) is 22.6 Å². The SMILES string of the molecule is C[C@@H](COc1cc2cnn(-c3ccc(F)cc3)c2cc1Cl)NS(=O)(=O)c1cccc2nsnc12. The van der Waals surface area contributed by atoms with Crippen LogP contribution in [0.15, 0.2) is 65.7 Å². The highest BCUT2D eigenvalue weighted by molar-refractivity contribution is 7.89. The highest BCUT2D eigenvalue weighted by atomic mass is 35.5. The fourth-order valence-corrected chi connectivity index (χ4v) is 5.71. The van der Waals surface area contributed by atoms with Crippen molar-refractivity contribution in [2.75, 3.05) is 6.61 Å². The van der Waals surface area contributed by atoms with Crippen molar-refractivity contribution in [3.8, 4) is 11.4 Å². The normalized spacial score (nSPS) is 12.9. The van der Waals surface area contributed by atoms with Gasteiger partial charge < -0.3 is 4.74 Å². The number of aromatic nitrogens is 4. The molecule has 174 valence electrons. The molecule has 12 heteroatoms. The second-order valence-corrected chi connectivity index (χ2v) is 10.2. The second-order valence-electron chi connectivity index (χ2n) is 7.60. The predicted octanol–water partition coefficient (Wildman–Crippen LogP) is 4.57. The third kappa shape index (κ3) is 4.34. The first-order valence-electron chi connectivity index (χ1n) is 10.1. The van der Waals surface area contributed by atoms with E-state index < -0.39 is 16.1 Å². The minimum atomic E-state index is -3.83. The number of rotatable bonds is 7. The van der Waals surface area contributed by atoms with Crippen molar-refractivity contribution in [2.24, 2.45) is 0 Å². The molecular formula is C22H17ClFN5O3S2. The summed E-state index contributed by atoms with van der Waals surface area (Å²) in [6.45, 7) is 1.73. The largest absolute Gasteiger partial charge is 0.490 e. The van der Waals surface area contributed by atoms with Crippen molar-refractivity contribution in [1.82, 2.24) is 23.2 Å². The molecule has 0 aliphatic carbocycles. The number of nitrogens with zero attached hydrogens (tertiary/aromatic N) is 4. The average molecular weight is 518 g/mol. The summed E-state index contributed by atoms with van der Waals surface area (Å²) >= 11 is 7.39. The van der Waals surface area contributed by atoms with Crippen LogP contribution in [0.2, 0.25) is 5.02 Å². The predicted molar refractivity (Wildman–Crippen MR) is 129 cm³/mol. The van der Waals surface area contributed by atoms with Gasteiger partial charge in [0.1, 0.15) is 34.1 Å². The van der Waals surface area contributed by atoms with Crippen molar-refractivity contribution >= 4 is 55.3 Å². The van der Waals surface area contributed by atoms with E-state index in [0.29, 0.717) is 27.5 Å². The van der Waals surface area contributed by atoms with E-state index in [4.69, 9.17) is 16.3 Å². The fraction of sp³-hybridized carbons (Fsp3) is 0.136. The second kappa shape index (κ2) is 8.91. The van der Waals surface area contributed by atoms with Gasteiger partial charge in [0.15, 0.2) is 0 Å². The van der Waals surface area contributed by atoms with Gasteiger partial charge in [-0.2, -0.15) is 13.8 Å². The quantitative estimate of drug-likeness (QED) is 0.339. The van der Waals surface area contributed by atoms with E-state index in [1.54, 1.807) is 54.2 Å². The van der Waals surface area contributed by atoms with Gasteiger partial charge in [-0.15, -0.1) is 0 Å². The molecule has 5 rings (SSSR count). The van der Waals surface area contributed by atoms with Gasteiger partial charge in [-0.3, -0.25) is 0 Å². The van der Waals surface area contributed by atoms with Crippen LogP contribution in [0.3, 0.4) is 0 Å². The summed E-state index contributed by atoms with van der Waals surface area (Å²) in [6.07, 6.45) is 1.65. The monoisotopic (exact) mass is 517 g/mol. The van der Waals surface area contributed by atoms with E-state index in [9.17, 15) is 12.8 Å². The highest BCUT2D eigenvalue weighted by Crippen LogP contribution is 2.31. The molecule has 0 fully saturated rings. The third-order valence-electron chi connectivity index (χ3n) is 5.08. The van der Waals surface area contributed by atoms with E-state index >= 15 is 0 Å². The van der Waals surface area contributed by atoms with Crippen LogP contribution in [0, 0.1) is 5.82 Å². The minimum absolute atomic E-state index is 0.0435. The Morgan fingerprint density at radius 1 is 1.18 bits per heavy atom. The van der Waals surface area contributed by atoms with Gasteiger partial charge in [0.2, 0.25) is 10.0 Å². The van der Waals surface area contributed by atoms with E-state index in [1.807, 2.05) is 0 Å². The first-order chi connectivity index (χ1) is 16.3. The number of nitrogens with one attached hydrogen (secondary N) is 1. The molecule has 0 aliphatic heterocycles. The van der Waals surface area contributed by atoms with E-state index in [2.05, 4.69) is 18.6 Å². The Kier molecular flexibility index (Phi) is 5.94. The standard InChI is InChI=1S/C22H17ClFN5O3S2/c1-13(28-34(30,31)21-4-2-3-18-22(21)27-33-26-18)12-32-20-9-14-11-25-29(19(14)10-17(20)23)16-7-5-15(24)6-8-16/h2-11,13,28H,12H2,1H3/t13-/m0/s1. The maximum absolute atomic E-state index is 13.2. The Balaban J connectivity index is 1.32. The number of sulfonamides is 1. The zero-order valence-electron chi connectivity index (χ0n) is 17.6. The van der Waals surface area contributed by atoms with Gasteiger partial charge >= 0.3 is 0 Å². The number of ether oxygens (including phenoxy) is 1. The van der Waals surface area contributed by atoms with E-state index in [1.165, 1.54) is 18.2 Å². The van der Waals surface area contributed by atoms with Crippen LogP contribution < -0.4 is 9.46 Å². The summed E-state index contributed by atoms with van der Waals surface area (Å²) in [4.78, 5) is 0.0678. The topological polar surface area (TPSA) is 99.0 Å². The fourth-order valence-electron chi connectivity index (χ4n) is 3.50. The molecule has 2 heterocycles. The molecule has 0 radical (unpaired) electrons. The number of halogens is 2. The molecule has 0 amide bonds. The molecule has 2 aromatic heterocycles. The van der Waals surface area contributed by atoms with Crippen molar-refractivity contribution in [3.63, 3.8) is 0 Å². The summed E-state index contributed by atoms with van der Waals surface area (Å²) in [6, 6.07) is 13.7. The first kappa shape index (κ1) is 22.7. The van der Waals surface area contributed by atoms with Crippen LogP contribution in [-0.4, -0.2) is 39.6 Å². The summed E-state index contributed by atoms with van der Waals surface area (Å²) in [5, 5.41) is 5.45. The summed E-state index contributed by atoms with van der Waals surface area (Å²) in [7, 11) is -3.83. The lowest BCUT2D eigenvalue weighted by molar-refractivity contribution is 0.288. The minimum Gasteiger partial charge on any atom is -0.490 e. The Hall–Kier alpha value is -3.12. The zero-order chi connectivity index (χ0) is 23.9.